The zero-order chi connectivity index (χ0) is 12.3. The molecular formula is C13H19ClN2O. The van der Waals surface area contributed by atoms with E-state index >= 15 is 0 Å². The molecule has 0 saturated carbocycles. The van der Waals surface area contributed by atoms with E-state index in [2.05, 4.69) is 17.1 Å². The van der Waals surface area contributed by atoms with Crippen LogP contribution < -0.4 is 15.0 Å². The third-order valence-corrected chi connectivity index (χ3v) is 3.30. The van der Waals surface area contributed by atoms with Gasteiger partial charge in [-0.15, -0.1) is 0 Å². The fourth-order valence-corrected chi connectivity index (χ4v) is 2.39. The van der Waals surface area contributed by atoms with Gasteiger partial charge >= 0.3 is 0 Å². The number of hydrogen-bond acceptors (Lipinski definition) is 3. The van der Waals surface area contributed by atoms with E-state index in [9.17, 15) is 0 Å². The second-order valence-corrected chi connectivity index (χ2v) is 5.01. The number of rotatable bonds is 2. The van der Waals surface area contributed by atoms with E-state index in [4.69, 9.17) is 16.3 Å². The summed E-state index contributed by atoms with van der Waals surface area (Å²) in [5, 5.41) is 4.19. The molecule has 0 radical (unpaired) electrons. The van der Waals surface area contributed by atoms with Gasteiger partial charge in [0.15, 0.2) is 0 Å². The van der Waals surface area contributed by atoms with Crippen molar-refractivity contribution in [3.05, 3.63) is 23.2 Å². The Balaban J connectivity index is 2.27. The third-order valence-electron chi connectivity index (χ3n) is 3.06. The minimum atomic E-state index is 0.626. The van der Waals surface area contributed by atoms with E-state index in [0.717, 1.165) is 42.6 Å². The van der Waals surface area contributed by atoms with Crippen LogP contribution in [0.5, 0.6) is 5.75 Å². The zero-order valence-electron chi connectivity index (χ0n) is 10.4. The normalized spacial score (nSPS) is 21.1. The minimum Gasteiger partial charge on any atom is -0.495 e. The van der Waals surface area contributed by atoms with Gasteiger partial charge in [-0.05, 0) is 30.7 Å². The van der Waals surface area contributed by atoms with Crippen LogP contribution in [0.4, 0.5) is 5.69 Å². The quantitative estimate of drug-likeness (QED) is 0.877. The molecule has 1 aromatic carbocycles. The summed E-state index contributed by atoms with van der Waals surface area (Å²) >= 11 is 6.07. The van der Waals surface area contributed by atoms with Crippen molar-refractivity contribution < 1.29 is 4.74 Å². The van der Waals surface area contributed by atoms with E-state index in [1.807, 2.05) is 18.2 Å². The van der Waals surface area contributed by atoms with E-state index in [1.165, 1.54) is 0 Å². The highest BCUT2D eigenvalue weighted by Crippen LogP contribution is 2.31. The zero-order valence-corrected chi connectivity index (χ0v) is 11.1. The number of halogens is 1. The number of hydrogen-bond donors (Lipinski definition) is 1. The Morgan fingerprint density at radius 2 is 2.29 bits per heavy atom. The van der Waals surface area contributed by atoms with E-state index in [-0.39, 0.29) is 0 Å². The summed E-state index contributed by atoms with van der Waals surface area (Å²) in [6.07, 6.45) is 0. The smallest absolute Gasteiger partial charge is 0.142 e. The van der Waals surface area contributed by atoms with Gasteiger partial charge < -0.3 is 15.0 Å². The van der Waals surface area contributed by atoms with Crippen molar-refractivity contribution in [2.75, 3.05) is 38.2 Å². The molecular weight excluding hydrogens is 236 g/mol. The van der Waals surface area contributed by atoms with Crippen LogP contribution in [0.25, 0.3) is 0 Å². The minimum absolute atomic E-state index is 0.626. The van der Waals surface area contributed by atoms with Gasteiger partial charge in [0, 0.05) is 24.7 Å². The summed E-state index contributed by atoms with van der Waals surface area (Å²) in [4.78, 5) is 2.34. The number of nitrogens with zero attached hydrogens (tertiary/aromatic N) is 1. The maximum atomic E-state index is 6.07. The lowest BCUT2D eigenvalue weighted by Gasteiger charge is -2.26. The second kappa shape index (κ2) is 5.61. The highest BCUT2D eigenvalue weighted by Gasteiger charge is 2.17. The van der Waals surface area contributed by atoms with Gasteiger partial charge in [-0.3, -0.25) is 0 Å². The molecule has 94 valence electrons. The summed E-state index contributed by atoms with van der Waals surface area (Å²) in [5.41, 5.74) is 1.09. The Morgan fingerprint density at radius 1 is 1.47 bits per heavy atom. The van der Waals surface area contributed by atoms with Crippen LogP contribution in [-0.2, 0) is 0 Å². The molecule has 1 unspecified atom stereocenters. The Labute approximate surface area is 108 Å². The van der Waals surface area contributed by atoms with Crippen molar-refractivity contribution in [2.24, 2.45) is 5.92 Å². The SMILES string of the molecule is COc1ccc(Cl)cc1N1CCNCC(C)C1. The molecule has 0 aliphatic carbocycles. The molecule has 1 heterocycles. The first-order valence-corrected chi connectivity index (χ1v) is 6.37. The molecule has 17 heavy (non-hydrogen) atoms. The Bertz CT molecular complexity index is 384. The van der Waals surface area contributed by atoms with Crippen molar-refractivity contribution in [3.63, 3.8) is 0 Å². The van der Waals surface area contributed by atoms with Gasteiger partial charge in [-0.25, -0.2) is 0 Å². The lowest BCUT2D eigenvalue weighted by molar-refractivity contribution is 0.414. The number of benzene rings is 1. The van der Waals surface area contributed by atoms with E-state index < -0.39 is 0 Å². The lowest BCUT2D eigenvalue weighted by Crippen LogP contribution is -2.29. The third kappa shape index (κ3) is 3.05. The predicted molar refractivity (Wildman–Crippen MR) is 72.3 cm³/mol. The van der Waals surface area contributed by atoms with Gasteiger partial charge in [0.1, 0.15) is 5.75 Å². The van der Waals surface area contributed by atoms with Crippen LogP contribution in [-0.4, -0.2) is 33.3 Å². The number of ether oxygens (including phenoxy) is 1. The topological polar surface area (TPSA) is 24.5 Å². The summed E-state index contributed by atoms with van der Waals surface area (Å²) in [6.45, 7) is 6.34. The van der Waals surface area contributed by atoms with Gasteiger partial charge in [0.25, 0.3) is 0 Å². The van der Waals surface area contributed by atoms with Crippen LogP contribution in [0.15, 0.2) is 18.2 Å². The van der Waals surface area contributed by atoms with Crippen molar-refractivity contribution in [3.8, 4) is 5.75 Å². The van der Waals surface area contributed by atoms with Gasteiger partial charge in [0.05, 0.1) is 12.8 Å². The molecule has 1 N–H and O–H groups in total. The first-order chi connectivity index (χ1) is 8.20. The first-order valence-electron chi connectivity index (χ1n) is 6.00. The van der Waals surface area contributed by atoms with Crippen molar-refractivity contribution >= 4 is 17.3 Å². The van der Waals surface area contributed by atoms with Crippen LogP contribution in [0, 0.1) is 5.92 Å². The summed E-state index contributed by atoms with van der Waals surface area (Å²) < 4.78 is 5.41. The van der Waals surface area contributed by atoms with Crippen LogP contribution >= 0.6 is 11.6 Å². The lowest BCUT2D eigenvalue weighted by atomic mass is 10.1. The Morgan fingerprint density at radius 3 is 3.06 bits per heavy atom. The summed E-state index contributed by atoms with van der Waals surface area (Å²) in [5.74, 6) is 1.52. The molecule has 1 aliphatic heterocycles. The molecule has 1 saturated heterocycles. The average molecular weight is 255 g/mol. The van der Waals surface area contributed by atoms with Gasteiger partial charge in [0.2, 0.25) is 0 Å². The van der Waals surface area contributed by atoms with E-state index in [1.54, 1.807) is 7.11 Å². The number of nitrogens with one attached hydrogen (secondary N) is 1. The standard InChI is InChI=1S/C13H19ClN2O/c1-10-8-15-5-6-16(9-10)12-7-11(14)3-4-13(12)17-2/h3-4,7,10,15H,5-6,8-9H2,1-2H3. The summed E-state index contributed by atoms with van der Waals surface area (Å²) in [7, 11) is 1.70. The van der Waals surface area contributed by atoms with Crippen molar-refractivity contribution in [1.29, 1.82) is 0 Å². The highest BCUT2D eigenvalue weighted by molar-refractivity contribution is 6.30. The Hall–Kier alpha value is -0.930. The maximum Gasteiger partial charge on any atom is 0.142 e. The second-order valence-electron chi connectivity index (χ2n) is 4.57. The maximum absolute atomic E-state index is 6.07. The largest absolute Gasteiger partial charge is 0.495 e. The highest BCUT2D eigenvalue weighted by atomic mass is 35.5. The predicted octanol–water partition coefficient (Wildman–Crippen LogP) is 2.39. The fraction of sp³-hybridized carbons (Fsp3) is 0.538. The van der Waals surface area contributed by atoms with E-state index in [0.29, 0.717) is 5.92 Å². The molecule has 1 aromatic rings. The summed E-state index contributed by atoms with van der Waals surface area (Å²) in [6, 6.07) is 5.78. The molecule has 0 amide bonds. The van der Waals surface area contributed by atoms with Gasteiger partial charge in [-0.1, -0.05) is 18.5 Å². The Kier molecular flexibility index (Phi) is 4.13. The van der Waals surface area contributed by atoms with Crippen molar-refractivity contribution in [1.82, 2.24) is 5.32 Å². The van der Waals surface area contributed by atoms with Crippen LogP contribution in [0.3, 0.4) is 0 Å². The molecule has 1 fully saturated rings. The molecule has 4 heteroatoms. The number of methoxy groups -OCH3 is 1. The molecule has 0 aromatic heterocycles. The van der Waals surface area contributed by atoms with Crippen LogP contribution in [0.2, 0.25) is 5.02 Å². The first kappa shape index (κ1) is 12.5. The van der Waals surface area contributed by atoms with Crippen molar-refractivity contribution in [2.45, 2.75) is 6.92 Å². The van der Waals surface area contributed by atoms with Gasteiger partial charge in [-0.2, -0.15) is 0 Å². The monoisotopic (exact) mass is 254 g/mol. The molecule has 2 rings (SSSR count). The molecule has 0 spiro atoms. The fourth-order valence-electron chi connectivity index (χ4n) is 2.22. The number of anilines is 1. The van der Waals surface area contributed by atoms with Crippen LogP contribution in [0.1, 0.15) is 6.92 Å². The molecule has 1 atom stereocenters. The molecule has 0 bridgehead atoms. The molecule has 3 nitrogen and oxygen atoms in total. The average Bonchev–Trinajstić information content (AvgIpc) is 2.54. The molecule has 1 aliphatic rings.